The molecule has 2 N–H and O–H groups in total. The zero-order chi connectivity index (χ0) is 64.4. The Morgan fingerprint density at radius 3 is 1.22 bits per heavy atom. The lowest BCUT2D eigenvalue weighted by molar-refractivity contribution is -0.0228. The highest BCUT2D eigenvalue weighted by Crippen LogP contribution is 2.44. The van der Waals surface area contributed by atoms with Crippen molar-refractivity contribution < 1.29 is 71.9 Å². The average molecular weight is 1270 g/mol. The van der Waals surface area contributed by atoms with Crippen LogP contribution >= 0.6 is 0 Å². The lowest BCUT2D eigenvalue weighted by atomic mass is 9.99. The van der Waals surface area contributed by atoms with Crippen LogP contribution in [0.4, 0.5) is 28.9 Å². The number of sulfonamides is 2. The van der Waals surface area contributed by atoms with Gasteiger partial charge in [-0.2, -0.15) is 0 Å². The highest BCUT2D eigenvalue weighted by atomic mass is 32.2. The predicted octanol–water partition coefficient (Wildman–Crippen LogP) is 9.68. The topological polar surface area (TPSA) is 228 Å². The Labute approximate surface area is 513 Å². The average Bonchev–Trinajstić information content (AvgIpc) is 1.54. The first-order valence-electron chi connectivity index (χ1n) is 28.1. The van der Waals surface area contributed by atoms with Gasteiger partial charge in [-0.25, -0.2) is 34.4 Å². The fraction of sp³-hybridized carbons (Fsp3) is 0.250. The number of fused-ring (bicyclic) bond motifs is 4. The smallest absolute Gasteiger partial charge is 0.270 e. The van der Waals surface area contributed by atoms with Crippen LogP contribution < -0.4 is 19.2 Å². The van der Waals surface area contributed by atoms with Gasteiger partial charge in [0.1, 0.15) is 69.6 Å². The summed E-state index contributed by atoms with van der Waals surface area (Å²) in [7, 11) is 1.56. The SMILES string of the molecule is CNC(=O)c1c(-c2ccc(F)cc2)oc2cc(N(C)S(C)(=O)=O)c([C@@H]3CN(C(=O)c4cc5c(F)cccc5n4C)CCO3)cc12.CNC(=O)c1c(-c2ccc(F)cc2)oc2cc(N(C)S(C)(=O)=O)c([C@H]3CN(C(=O)c4cc5c(F)cccc5n4C)CCO3)cc12. The second-order valence-corrected chi connectivity index (χ2v) is 25.8. The molecule has 90 heavy (non-hydrogen) atoms. The molecule has 0 bridgehead atoms. The number of ether oxygens (including phenoxy) is 2. The molecule has 12 rings (SSSR count). The van der Waals surface area contributed by atoms with E-state index >= 15 is 0 Å². The number of anilines is 2. The summed E-state index contributed by atoms with van der Waals surface area (Å²) in [6.45, 7) is 0.895. The number of nitrogens with zero attached hydrogens (tertiary/aromatic N) is 6. The Balaban J connectivity index is 0.000000185. The van der Waals surface area contributed by atoms with Crippen molar-refractivity contribution in [1.29, 1.82) is 0 Å². The predicted molar refractivity (Wildman–Crippen MR) is 331 cm³/mol. The van der Waals surface area contributed by atoms with Crippen LogP contribution in [0.2, 0.25) is 0 Å². The summed E-state index contributed by atoms with van der Waals surface area (Å²) in [5.74, 6) is -3.04. The number of hydrogen-bond acceptors (Lipinski definition) is 12. The van der Waals surface area contributed by atoms with E-state index < -0.39 is 67.3 Å². The molecule has 0 aliphatic carbocycles. The van der Waals surface area contributed by atoms with Gasteiger partial charge in [-0.05, 0) is 97.1 Å². The maximum absolute atomic E-state index is 14.5. The zero-order valence-corrected chi connectivity index (χ0v) is 51.5. The number of carbonyl (C=O) groups excluding carboxylic acids is 4. The number of morpholine rings is 2. The van der Waals surface area contributed by atoms with Crippen molar-refractivity contribution in [2.75, 3.05) is 88.7 Å². The van der Waals surface area contributed by atoms with Crippen molar-refractivity contribution in [3.8, 4) is 22.6 Å². The Morgan fingerprint density at radius 2 is 0.889 bits per heavy atom. The Hall–Kier alpha value is -9.50. The van der Waals surface area contributed by atoms with E-state index in [4.69, 9.17) is 18.3 Å². The molecule has 0 spiro atoms. The van der Waals surface area contributed by atoms with Crippen molar-refractivity contribution in [3.63, 3.8) is 0 Å². The highest BCUT2D eigenvalue weighted by Gasteiger charge is 2.36. The fourth-order valence-corrected chi connectivity index (χ4v) is 12.5. The second-order valence-electron chi connectivity index (χ2n) is 21.8. The van der Waals surface area contributed by atoms with Crippen LogP contribution in [-0.2, 0) is 43.6 Å². The summed E-state index contributed by atoms with van der Waals surface area (Å²) >= 11 is 0. The molecule has 2 aliphatic rings. The minimum atomic E-state index is -3.77. The first-order valence-corrected chi connectivity index (χ1v) is 31.8. The molecule has 2 aliphatic heterocycles. The lowest BCUT2D eigenvalue weighted by Crippen LogP contribution is -2.43. The molecular weight excluding hydrogens is 1210 g/mol. The summed E-state index contributed by atoms with van der Waals surface area (Å²) in [4.78, 5) is 57.0. The number of rotatable bonds is 12. The Kier molecular flexibility index (Phi) is 16.7. The summed E-state index contributed by atoms with van der Waals surface area (Å²) in [6.07, 6.45) is 0.526. The molecule has 10 aromatic rings. The highest BCUT2D eigenvalue weighted by molar-refractivity contribution is 7.92. The van der Waals surface area contributed by atoms with Crippen LogP contribution in [-0.4, -0.2) is 139 Å². The van der Waals surface area contributed by atoms with Gasteiger partial charge in [0.25, 0.3) is 23.6 Å². The largest absolute Gasteiger partial charge is 0.455 e. The third kappa shape index (κ3) is 11.5. The van der Waals surface area contributed by atoms with Crippen LogP contribution in [0.15, 0.2) is 130 Å². The quantitative estimate of drug-likeness (QED) is 0.109. The molecule has 0 saturated carbocycles. The molecule has 26 heteroatoms. The van der Waals surface area contributed by atoms with Crippen LogP contribution in [0, 0.1) is 23.3 Å². The Bertz CT molecular complexity index is 4480. The maximum atomic E-state index is 14.5. The lowest BCUT2D eigenvalue weighted by Gasteiger charge is -2.35. The van der Waals surface area contributed by atoms with Crippen LogP contribution in [0.25, 0.3) is 66.4 Å². The number of hydrogen-bond donors (Lipinski definition) is 2. The Morgan fingerprint density at radius 1 is 0.522 bits per heavy atom. The fourth-order valence-electron chi connectivity index (χ4n) is 11.5. The third-order valence-electron chi connectivity index (χ3n) is 16.4. The van der Waals surface area contributed by atoms with Crippen LogP contribution in [0.5, 0.6) is 0 Å². The molecule has 4 aromatic heterocycles. The number of carbonyl (C=O) groups is 4. The number of aromatic nitrogens is 2. The van der Waals surface area contributed by atoms with Crippen LogP contribution in [0.3, 0.4) is 0 Å². The van der Waals surface area contributed by atoms with E-state index in [2.05, 4.69) is 10.6 Å². The molecule has 4 amide bonds. The first kappa shape index (κ1) is 62.1. The van der Waals surface area contributed by atoms with Crippen molar-refractivity contribution >= 4 is 98.8 Å². The van der Waals surface area contributed by atoms with Crippen molar-refractivity contribution in [1.82, 2.24) is 29.6 Å². The molecule has 2 saturated heterocycles. The van der Waals surface area contributed by atoms with Gasteiger partial charge in [0.2, 0.25) is 20.0 Å². The first-order chi connectivity index (χ1) is 42.8. The number of nitrogens with one attached hydrogen (secondary N) is 2. The number of aryl methyl sites for hydroxylation is 2. The molecule has 6 heterocycles. The van der Waals surface area contributed by atoms with E-state index in [-0.39, 0.29) is 96.4 Å². The van der Waals surface area contributed by atoms with Gasteiger partial charge >= 0.3 is 0 Å². The normalized spacial score (nSPS) is 15.5. The maximum Gasteiger partial charge on any atom is 0.270 e. The van der Waals surface area contributed by atoms with Crippen molar-refractivity contribution in [2.24, 2.45) is 14.1 Å². The van der Waals surface area contributed by atoms with Gasteiger partial charge in [-0.15, -0.1) is 0 Å². The van der Waals surface area contributed by atoms with Crippen molar-refractivity contribution in [2.45, 2.75) is 12.2 Å². The molecule has 2 fully saturated rings. The minimum Gasteiger partial charge on any atom is -0.455 e. The molecule has 0 radical (unpaired) electrons. The number of amides is 4. The van der Waals surface area contributed by atoms with Gasteiger partial charge in [0.05, 0.1) is 72.3 Å². The van der Waals surface area contributed by atoms with Gasteiger partial charge in [-0.1, -0.05) is 12.1 Å². The van der Waals surface area contributed by atoms with Crippen LogP contribution in [0.1, 0.15) is 65.0 Å². The number of halogens is 4. The molecule has 6 aromatic carbocycles. The molecule has 2 atom stereocenters. The molecular formula is C64H60F4N8O12S2. The summed E-state index contributed by atoms with van der Waals surface area (Å²) < 4.78 is 137. The summed E-state index contributed by atoms with van der Waals surface area (Å²) in [6, 6.07) is 29.6. The number of benzene rings is 6. The zero-order valence-electron chi connectivity index (χ0n) is 49.9. The van der Waals surface area contributed by atoms with Gasteiger partial charge in [0.15, 0.2) is 0 Å². The third-order valence-corrected chi connectivity index (χ3v) is 18.8. The summed E-state index contributed by atoms with van der Waals surface area (Å²) in [5, 5.41) is 6.64. The van der Waals surface area contributed by atoms with E-state index in [1.54, 1.807) is 69.4 Å². The van der Waals surface area contributed by atoms with E-state index in [9.17, 15) is 53.6 Å². The van der Waals surface area contributed by atoms with E-state index in [1.807, 2.05) is 0 Å². The van der Waals surface area contributed by atoms with E-state index in [1.165, 1.54) is 113 Å². The molecule has 20 nitrogen and oxygen atoms in total. The van der Waals surface area contributed by atoms with Gasteiger partial charge in [-0.3, -0.25) is 27.8 Å². The molecule has 0 unspecified atom stereocenters. The monoisotopic (exact) mass is 1270 g/mol. The standard InChI is InChI=1S/2C32H30F2N4O6S/c2*1-35-31(39)29-22-14-21(25(37(3)45(4,41)42)16-27(22)44-30(29)18-8-10-19(33)11-9-18)28-17-38(12-13-43-28)32(40)26-15-20-23(34)6-5-7-24(20)36(26)2/h2*5-11,14-16,28H,12-13,17H2,1-4H3,(H,35,39)/t2*28-/m10/s1. The van der Waals surface area contributed by atoms with E-state index in [0.717, 1.165) is 21.1 Å². The van der Waals surface area contributed by atoms with Gasteiger partial charge in [0, 0.05) is 111 Å². The van der Waals surface area contributed by atoms with E-state index in [0.29, 0.717) is 66.2 Å². The van der Waals surface area contributed by atoms with Crippen molar-refractivity contribution in [3.05, 3.63) is 178 Å². The summed E-state index contributed by atoms with van der Waals surface area (Å²) in [5.41, 5.74) is 4.72. The number of furan rings is 2. The van der Waals surface area contributed by atoms with Gasteiger partial charge < -0.3 is 47.9 Å². The second kappa shape index (κ2) is 24.1. The molecule has 468 valence electrons. The minimum absolute atomic E-state index is 0.0525.